The highest BCUT2D eigenvalue weighted by molar-refractivity contribution is 6.18. The molecule has 0 aliphatic rings. The van der Waals surface area contributed by atoms with Crippen LogP contribution in [0.1, 0.15) is 0 Å². The molecule has 0 bridgehead atoms. The Bertz CT molecular complexity index is 94.1. The van der Waals surface area contributed by atoms with Crippen molar-refractivity contribution in [3.8, 4) is 0 Å². The van der Waals surface area contributed by atoms with Crippen LogP contribution in [-0.2, 0) is 14.2 Å². The number of nitrogens with one attached hydrogen (secondary N) is 1. The van der Waals surface area contributed by atoms with Gasteiger partial charge in [-0.25, -0.2) is 0 Å². The first-order valence-electron chi connectivity index (χ1n) is 4.83. The zero-order chi connectivity index (χ0) is 10.5. The fraction of sp³-hybridized carbons (Fsp3) is 1.00. The molecule has 0 unspecified atom stereocenters. The van der Waals surface area contributed by atoms with Crippen molar-refractivity contribution in [2.45, 2.75) is 0 Å². The van der Waals surface area contributed by atoms with Crippen molar-refractivity contribution in [1.29, 1.82) is 0 Å². The minimum atomic E-state index is 0.624. The van der Waals surface area contributed by atoms with Crippen molar-refractivity contribution in [3.63, 3.8) is 0 Å². The summed E-state index contributed by atoms with van der Waals surface area (Å²) < 4.78 is 15.3. The molecule has 14 heavy (non-hydrogen) atoms. The van der Waals surface area contributed by atoms with E-state index >= 15 is 0 Å². The van der Waals surface area contributed by atoms with Crippen molar-refractivity contribution in [2.24, 2.45) is 0 Å². The predicted molar refractivity (Wildman–Crippen MR) is 57.1 cm³/mol. The Hall–Kier alpha value is 0.130. The predicted octanol–water partition coefficient (Wildman–Crippen LogP) is 0.494. The Morgan fingerprint density at radius 3 is 2.21 bits per heavy atom. The number of hydrogen-bond donors (Lipinski definition) is 1. The van der Waals surface area contributed by atoms with Gasteiger partial charge < -0.3 is 19.5 Å². The SMILES string of the molecule is COCCOCCOCCNCCCl. The van der Waals surface area contributed by atoms with Crippen LogP contribution in [0.5, 0.6) is 0 Å². The molecule has 0 atom stereocenters. The maximum atomic E-state index is 5.48. The molecule has 0 aromatic heterocycles. The van der Waals surface area contributed by atoms with Gasteiger partial charge in [0.25, 0.3) is 0 Å². The van der Waals surface area contributed by atoms with Crippen LogP contribution in [0.15, 0.2) is 0 Å². The third-order valence-corrected chi connectivity index (χ3v) is 1.69. The third kappa shape index (κ3) is 12.1. The number of hydrogen-bond acceptors (Lipinski definition) is 4. The summed E-state index contributed by atoms with van der Waals surface area (Å²) in [5.74, 6) is 0.639. The summed E-state index contributed by atoms with van der Waals surface area (Å²) in [5.41, 5.74) is 0. The monoisotopic (exact) mass is 225 g/mol. The molecule has 0 saturated carbocycles. The second-order valence-electron chi connectivity index (χ2n) is 2.66. The Labute approximate surface area is 90.9 Å². The molecule has 0 rings (SSSR count). The molecular weight excluding hydrogens is 206 g/mol. The van der Waals surface area contributed by atoms with Gasteiger partial charge in [0.15, 0.2) is 0 Å². The number of rotatable bonds is 11. The van der Waals surface area contributed by atoms with Gasteiger partial charge in [0, 0.05) is 26.1 Å². The molecule has 4 nitrogen and oxygen atoms in total. The molecule has 0 aliphatic heterocycles. The van der Waals surface area contributed by atoms with E-state index in [-0.39, 0.29) is 0 Å². The second kappa shape index (κ2) is 13.1. The molecule has 0 aromatic rings. The van der Waals surface area contributed by atoms with E-state index < -0.39 is 0 Å². The summed E-state index contributed by atoms with van der Waals surface area (Å²) in [6.07, 6.45) is 0. The van der Waals surface area contributed by atoms with Gasteiger partial charge in [0.1, 0.15) is 0 Å². The maximum absolute atomic E-state index is 5.48. The van der Waals surface area contributed by atoms with E-state index in [1.54, 1.807) is 7.11 Å². The summed E-state index contributed by atoms with van der Waals surface area (Å²) in [4.78, 5) is 0. The van der Waals surface area contributed by atoms with Gasteiger partial charge in [-0.3, -0.25) is 0 Å². The van der Waals surface area contributed by atoms with Crippen LogP contribution >= 0.6 is 11.6 Å². The highest BCUT2D eigenvalue weighted by Crippen LogP contribution is 1.79. The van der Waals surface area contributed by atoms with Crippen LogP contribution in [0.2, 0.25) is 0 Å². The van der Waals surface area contributed by atoms with Crippen LogP contribution in [-0.4, -0.2) is 59.1 Å². The van der Waals surface area contributed by atoms with Gasteiger partial charge in [-0.15, -0.1) is 11.6 Å². The van der Waals surface area contributed by atoms with Crippen LogP contribution < -0.4 is 5.32 Å². The maximum Gasteiger partial charge on any atom is 0.0701 e. The first-order valence-corrected chi connectivity index (χ1v) is 5.36. The van der Waals surface area contributed by atoms with Crippen LogP contribution in [0.3, 0.4) is 0 Å². The fourth-order valence-corrected chi connectivity index (χ4v) is 0.934. The molecule has 0 saturated heterocycles. The van der Waals surface area contributed by atoms with E-state index in [1.165, 1.54) is 0 Å². The zero-order valence-corrected chi connectivity index (χ0v) is 9.52. The first kappa shape index (κ1) is 14.1. The summed E-state index contributed by atoms with van der Waals surface area (Å²) in [6.45, 7) is 4.89. The van der Waals surface area contributed by atoms with Crippen molar-refractivity contribution in [2.75, 3.05) is 59.1 Å². The van der Waals surface area contributed by atoms with E-state index in [2.05, 4.69) is 5.32 Å². The fourth-order valence-electron chi connectivity index (χ4n) is 0.800. The lowest BCUT2D eigenvalue weighted by Crippen LogP contribution is -2.22. The van der Waals surface area contributed by atoms with Gasteiger partial charge in [0.2, 0.25) is 0 Å². The lowest BCUT2D eigenvalue weighted by Gasteiger charge is -2.05. The second-order valence-corrected chi connectivity index (χ2v) is 3.03. The van der Waals surface area contributed by atoms with E-state index in [0.29, 0.717) is 38.9 Å². The summed E-state index contributed by atoms with van der Waals surface area (Å²) >= 11 is 5.48. The van der Waals surface area contributed by atoms with Crippen LogP contribution in [0, 0.1) is 0 Å². The molecule has 0 spiro atoms. The van der Waals surface area contributed by atoms with Crippen LogP contribution in [0.4, 0.5) is 0 Å². The average Bonchev–Trinajstić information content (AvgIpc) is 2.21. The topological polar surface area (TPSA) is 39.7 Å². The normalized spacial score (nSPS) is 10.7. The molecule has 1 N–H and O–H groups in total. The van der Waals surface area contributed by atoms with E-state index in [4.69, 9.17) is 25.8 Å². The third-order valence-electron chi connectivity index (χ3n) is 1.50. The van der Waals surface area contributed by atoms with Crippen molar-refractivity contribution in [1.82, 2.24) is 5.32 Å². The largest absolute Gasteiger partial charge is 0.382 e. The van der Waals surface area contributed by atoms with Crippen LogP contribution in [0.25, 0.3) is 0 Å². The molecule has 0 amide bonds. The first-order chi connectivity index (χ1) is 6.91. The molecule has 5 heteroatoms. The summed E-state index contributed by atoms with van der Waals surface area (Å²) in [7, 11) is 1.66. The zero-order valence-electron chi connectivity index (χ0n) is 8.76. The van der Waals surface area contributed by atoms with Gasteiger partial charge >= 0.3 is 0 Å². The highest BCUT2D eigenvalue weighted by Gasteiger charge is 1.90. The molecule has 0 radical (unpaired) electrons. The number of halogens is 1. The Kier molecular flexibility index (Phi) is 13.3. The Morgan fingerprint density at radius 1 is 0.929 bits per heavy atom. The van der Waals surface area contributed by atoms with Crippen molar-refractivity contribution >= 4 is 11.6 Å². The number of alkyl halides is 1. The molecule has 0 fully saturated rings. The minimum Gasteiger partial charge on any atom is -0.382 e. The van der Waals surface area contributed by atoms with Crippen molar-refractivity contribution in [3.05, 3.63) is 0 Å². The van der Waals surface area contributed by atoms with E-state index in [0.717, 1.165) is 13.1 Å². The lowest BCUT2D eigenvalue weighted by molar-refractivity contribution is 0.0256. The molecule has 0 heterocycles. The summed E-state index contributed by atoms with van der Waals surface area (Å²) in [6, 6.07) is 0. The van der Waals surface area contributed by atoms with Gasteiger partial charge in [-0.05, 0) is 0 Å². The summed E-state index contributed by atoms with van der Waals surface area (Å²) in [5, 5.41) is 3.13. The van der Waals surface area contributed by atoms with Gasteiger partial charge in [-0.1, -0.05) is 0 Å². The van der Waals surface area contributed by atoms with Gasteiger partial charge in [0.05, 0.1) is 33.0 Å². The van der Waals surface area contributed by atoms with Gasteiger partial charge in [-0.2, -0.15) is 0 Å². The standard InChI is InChI=1S/C9H20ClNO3/c1-12-6-7-14-9-8-13-5-4-11-3-2-10/h11H,2-9H2,1H3. The molecular formula is C9H20ClNO3. The average molecular weight is 226 g/mol. The molecule has 0 aromatic carbocycles. The van der Waals surface area contributed by atoms with Crippen molar-refractivity contribution < 1.29 is 14.2 Å². The Morgan fingerprint density at radius 2 is 1.57 bits per heavy atom. The lowest BCUT2D eigenvalue weighted by atomic mass is 10.6. The Balaban J connectivity index is 2.78. The molecule has 86 valence electrons. The minimum absolute atomic E-state index is 0.624. The number of methoxy groups -OCH3 is 1. The van der Waals surface area contributed by atoms with E-state index in [9.17, 15) is 0 Å². The number of ether oxygens (including phenoxy) is 3. The quantitative estimate of drug-likeness (QED) is 0.411. The highest BCUT2D eigenvalue weighted by atomic mass is 35.5. The smallest absolute Gasteiger partial charge is 0.0701 e. The molecule has 0 aliphatic carbocycles. The van der Waals surface area contributed by atoms with E-state index in [1.807, 2.05) is 0 Å².